The molecule has 2 aromatic rings. The number of benzene rings is 1. The molecular formula is C20H29N3O2. The molecule has 3 rings (SSSR count). The largest absolute Gasteiger partial charge is 0.493 e. The molecule has 0 radical (unpaired) electrons. The van der Waals surface area contributed by atoms with Gasteiger partial charge in [-0.25, -0.2) is 0 Å². The maximum absolute atomic E-state index is 5.54. The molecule has 5 heteroatoms. The lowest BCUT2D eigenvalue weighted by Crippen LogP contribution is -2.29. The van der Waals surface area contributed by atoms with Gasteiger partial charge < -0.3 is 14.8 Å². The molecule has 0 amide bonds. The van der Waals surface area contributed by atoms with Crippen molar-refractivity contribution in [3.63, 3.8) is 0 Å². The number of nitrogens with zero attached hydrogens (tertiary/aromatic N) is 2. The molecule has 1 aromatic carbocycles. The summed E-state index contributed by atoms with van der Waals surface area (Å²) in [6.45, 7) is 7.36. The van der Waals surface area contributed by atoms with Gasteiger partial charge in [-0.15, -0.1) is 0 Å². The van der Waals surface area contributed by atoms with E-state index in [2.05, 4.69) is 41.9 Å². The van der Waals surface area contributed by atoms with E-state index in [1.807, 2.05) is 18.3 Å². The minimum atomic E-state index is 0.0193. The van der Waals surface area contributed by atoms with Crippen LogP contribution in [-0.4, -0.2) is 24.0 Å². The molecule has 0 saturated carbocycles. The van der Waals surface area contributed by atoms with E-state index in [0.717, 1.165) is 36.4 Å². The summed E-state index contributed by atoms with van der Waals surface area (Å²) in [5.41, 5.74) is 3.83. The summed E-state index contributed by atoms with van der Waals surface area (Å²) >= 11 is 0. The van der Waals surface area contributed by atoms with Crippen molar-refractivity contribution in [3.05, 3.63) is 41.2 Å². The van der Waals surface area contributed by atoms with Crippen LogP contribution in [0.4, 0.5) is 0 Å². The van der Waals surface area contributed by atoms with Crippen LogP contribution in [0.1, 0.15) is 56.5 Å². The normalized spacial score (nSPS) is 17.2. The molecule has 0 saturated heterocycles. The van der Waals surface area contributed by atoms with Crippen molar-refractivity contribution < 1.29 is 9.47 Å². The zero-order valence-corrected chi connectivity index (χ0v) is 15.9. The van der Waals surface area contributed by atoms with Gasteiger partial charge in [0, 0.05) is 29.4 Å². The monoisotopic (exact) mass is 343 g/mol. The summed E-state index contributed by atoms with van der Waals surface area (Å²) in [4.78, 5) is 0. The van der Waals surface area contributed by atoms with Gasteiger partial charge in [-0.2, -0.15) is 5.10 Å². The first-order chi connectivity index (χ1) is 12.0. The highest BCUT2D eigenvalue weighted by Gasteiger charge is 2.28. The maximum Gasteiger partial charge on any atom is 0.165 e. The van der Waals surface area contributed by atoms with Crippen LogP contribution in [0, 0.1) is 0 Å². The second kappa shape index (κ2) is 7.08. The van der Waals surface area contributed by atoms with Gasteiger partial charge in [0.25, 0.3) is 0 Å². The second-order valence-corrected chi connectivity index (χ2v) is 7.61. The summed E-state index contributed by atoms with van der Waals surface area (Å²) < 4.78 is 13.1. The van der Waals surface area contributed by atoms with Crippen molar-refractivity contribution in [3.8, 4) is 11.5 Å². The van der Waals surface area contributed by atoms with Gasteiger partial charge in [0.2, 0.25) is 0 Å². The molecule has 1 aliphatic carbocycles. The van der Waals surface area contributed by atoms with Gasteiger partial charge in [0.1, 0.15) is 0 Å². The lowest BCUT2D eigenvalue weighted by molar-refractivity contribution is 0.333. The predicted octanol–water partition coefficient (Wildman–Crippen LogP) is 3.82. The first-order valence-electron chi connectivity index (χ1n) is 8.96. The van der Waals surface area contributed by atoms with Crippen molar-refractivity contribution in [2.45, 2.75) is 58.2 Å². The number of aromatic nitrogens is 2. The third-order valence-corrected chi connectivity index (χ3v) is 4.84. The number of rotatable bonds is 5. The van der Waals surface area contributed by atoms with E-state index in [4.69, 9.17) is 9.47 Å². The van der Waals surface area contributed by atoms with Gasteiger partial charge in [-0.1, -0.05) is 12.1 Å². The zero-order chi connectivity index (χ0) is 18.0. The Balaban J connectivity index is 1.80. The lowest BCUT2D eigenvalue weighted by atomic mass is 9.92. The number of para-hydroxylation sites is 1. The first kappa shape index (κ1) is 17.8. The van der Waals surface area contributed by atoms with Gasteiger partial charge in [-0.3, -0.25) is 4.68 Å². The molecule has 25 heavy (non-hydrogen) atoms. The van der Waals surface area contributed by atoms with Crippen LogP contribution in [0.2, 0.25) is 0 Å². The van der Waals surface area contributed by atoms with Gasteiger partial charge in [0.15, 0.2) is 11.5 Å². The highest BCUT2D eigenvalue weighted by atomic mass is 16.5. The van der Waals surface area contributed by atoms with Crippen LogP contribution in [0.5, 0.6) is 11.5 Å². The molecule has 1 heterocycles. The van der Waals surface area contributed by atoms with Crippen LogP contribution in [0.15, 0.2) is 24.4 Å². The van der Waals surface area contributed by atoms with E-state index in [1.54, 1.807) is 14.2 Å². The SMILES string of the molecule is COc1cccc(CN[C@H]2CCCc3c2cnn3C(C)(C)C)c1OC. The van der Waals surface area contributed by atoms with Crippen LogP contribution < -0.4 is 14.8 Å². The molecule has 0 bridgehead atoms. The minimum Gasteiger partial charge on any atom is -0.493 e. The van der Waals surface area contributed by atoms with Gasteiger partial charge in [-0.05, 0) is 46.1 Å². The fraction of sp³-hybridized carbons (Fsp3) is 0.550. The predicted molar refractivity (Wildman–Crippen MR) is 99.3 cm³/mol. The topological polar surface area (TPSA) is 48.3 Å². The third kappa shape index (κ3) is 3.52. The smallest absolute Gasteiger partial charge is 0.165 e. The van der Waals surface area contributed by atoms with E-state index in [-0.39, 0.29) is 5.54 Å². The molecule has 1 atom stereocenters. The average molecular weight is 343 g/mol. The van der Waals surface area contributed by atoms with E-state index in [9.17, 15) is 0 Å². The van der Waals surface area contributed by atoms with E-state index in [1.165, 1.54) is 17.7 Å². The number of nitrogens with one attached hydrogen (secondary N) is 1. The molecule has 136 valence electrons. The molecule has 0 aliphatic heterocycles. The van der Waals surface area contributed by atoms with Crippen molar-refractivity contribution in [1.29, 1.82) is 0 Å². The Bertz CT molecular complexity index is 731. The number of hydrogen-bond acceptors (Lipinski definition) is 4. The molecule has 1 aromatic heterocycles. The summed E-state index contributed by atoms with van der Waals surface area (Å²) in [7, 11) is 3.36. The zero-order valence-electron chi connectivity index (χ0n) is 15.9. The number of fused-ring (bicyclic) bond motifs is 1. The summed E-state index contributed by atoms with van der Waals surface area (Å²) in [6, 6.07) is 6.34. The number of hydrogen-bond donors (Lipinski definition) is 1. The Morgan fingerprint density at radius 2 is 2.04 bits per heavy atom. The number of methoxy groups -OCH3 is 2. The van der Waals surface area contributed by atoms with Crippen molar-refractivity contribution >= 4 is 0 Å². The molecule has 0 unspecified atom stereocenters. The van der Waals surface area contributed by atoms with Crippen LogP contribution in [-0.2, 0) is 18.5 Å². The van der Waals surface area contributed by atoms with E-state index < -0.39 is 0 Å². The Hall–Kier alpha value is -2.01. The van der Waals surface area contributed by atoms with Crippen molar-refractivity contribution in [2.24, 2.45) is 0 Å². The van der Waals surface area contributed by atoms with Gasteiger partial charge in [0.05, 0.1) is 26.0 Å². The minimum absolute atomic E-state index is 0.0193. The van der Waals surface area contributed by atoms with Gasteiger partial charge >= 0.3 is 0 Å². The first-order valence-corrected chi connectivity index (χ1v) is 8.96. The van der Waals surface area contributed by atoms with Crippen LogP contribution in [0.25, 0.3) is 0 Å². The summed E-state index contributed by atoms with van der Waals surface area (Å²) in [6.07, 6.45) is 5.46. The fourth-order valence-electron chi connectivity index (χ4n) is 3.67. The summed E-state index contributed by atoms with van der Waals surface area (Å²) in [5.74, 6) is 1.57. The standard InChI is InChI=1S/C20H29N3O2/c1-20(2,3)23-17-10-7-9-16(15(17)13-22-23)21-12-14-8-6-11-18(24-4)19(14)25-5/h6,8,11,13,16,21H,7,9-10,12H2,1-5H3/t16-/m0/s1. The van der Waals surface area contributed by atoms with Crippen LogP contribution >= 0.6 is 0 Å². The highest BCUT2D eigenvalue weighted by Crippen LogP contribution is 2.34. The Labute approximate surface area is 150 Å². The average Bonchev–Trinajstić information content (AvgIpc) is 3.04. The molecule has 1 N–H and O–H groups in total. The van der Waals surface area contributed by atoms with Crippen molar-refractivity contribution in [2.75, 3.05) is 14.2 Å². The van der Waals surface area contributed by atoms with Crippen LogP contribution in [0.3, 0.4) is 0 Å². The quantitative estimate of drug-likeness (QED) is 0.896. The Kier molecular flexibility index (Phi) is 5.04. The molecular weight excluding hydrogens is 314 g/mol. The third-order valence-electron chi connectivity index (χ3n) is 4.84. The lowest BCUT2D eigenvalue weighted by Gasteiger charge is -2.28. The molecule has 0 fully saturated rings. The number of ether oxygens (including phenoxy) is 2. The Morgan fingerprint density at radius 3 is 2.72 bits per heavy atom. The molecule has 5 nitrogen and oxygen atoms in total. The van der Waals surface area contributed by atoms with E-state index >= 15 is 0 Å². The van der Waals surface area contributed by atoms with Crippen molar-refractivity contribution in [1.82, 2.24) is 15.1 Å². The summed E-state index contributed by atoms with van der Waals surface area (Å²) in [5, 5.41) is 8.36. The maximum atomic E-state index is 5.54. The Morgan fingerprint density at radius 1 is 1.24 bits per heavy atom. The molecule has 0 spiro atoms. The van der Waals surface area contributed by atoms with E-state index in [0.29, 0.717) is 6.04 Å². The second-order valence-electron chi connectivity index (χ2n) is 7.61. The highest BCUT2D eigenvalue weighted by molar-refractivity contribution is 5.46. The fourth-order valence-corrected chi connectivity index (χ4v) is 3.67. The molecule has 1 aliphatic rings.